The molecular weight excluding hydrogens is 326 g/mol. The van der Waals surface area contributed by atoms with E-state index < -0.39 is 0 Å². The van der Waals surface area contributed by atoms with Crippen LogP contribution in [0.5, 0.6) is 0 Å². The lowest BCUT2D eigenvalue weighted by molar-refractivity contribution is -0.0119. The van der Waals surface area contributed by atoms with Crippen LogP contribution in [-0.4, -0.2) is 11.9 Å². The normalized spacial score (nSPS) is 36.8. The summed E-state index contributed by atoms with van der Waals surface area (Å²) in [6.07, 6.45) is 6.84. The van der Waals surface area contributed by atoms with Gasteiger partial charge in [0, 0.05) is 16.1 Å². The molecule has 4 aliphatic carbocycles. The first kappa shape index (κ1) is 13.8. The van der Waals surface area contributed by atoms with Crippen molar-refractivity contribution in [2.45, 2.75) is 45.1 Å². The van der Waals surface area contributed by atoms with Gasteiger partial charge in [0.1, 0.15) is 0 Å². The molecule has 0 unspecified atom stereocenters. The predicted octanol–water partition coefficient (Wildman–Crippen LogP) is 4.31. The number of aryl methyl sites for hydroxylation is 1. The fourth-order valence-electron chi connectivity index (χ4n) is 5.18. The van der Waals surface area contributed by atoms with Crippen molar-refractivity contribution in [2.75, 3.05) is 0 Å². The first-order valence-electron chi connectivity index (χ1n) is 8.17. The zero-order valence-corrected chi connectivity index (χ0v) is 14.0. The van der Waals surface area contributed by atoms with Crippen LogP contribution >= 0.6 is 15.9 Å². The molecule has 0 radical (unpaired) electrons. The van der Waals surface area contributed by atoms with Crippen molar-refractivity contribution in [1.82, 2.24) is 5.32 Å². The van der Waals surface area contributed by atoms with Crippen LogP contribution < -0.4 is 5.32 Å². The molecular formula is C18H22BrNO. The predicted molar refractivity (Wildman–Crippen MR) is 87.2 cm³/mol. The maximum atomic E-state index is 12.6. The van der Waals surface area contributed by atoms with Gasteiger partial charge >= 0.3 is 0 Å². The smallest absolute Gasteiger partial charge is 0.251 e. The number of benzene rings is 1. The Hall–Kier alpha value is -0.830. The number of carbonyl (C=O) groups excluding carboxylic acids is 1. The van der Waals surface area contributed by atoms with Gasteiger partial charge < -0.3 is 5.32 Å². The highest BCUT2D eigenvalue weighted by Gasteiger charge is 2.48. The van der Waals surface area contributed by atoms with Crippen LogP contribution in [0.25, 0.3) is 0 Å². The molecule has 4 saturated carbocycles. The Labute approximate surface area is 134 Å². The number of rotatable bonds is 2. The molecule has 112 valence electrons. The quantitative estimate of drug-likeness (QED) is 0.848. The van der Waals surface area contributed by atoms with E-state index in [1.54, 1.807) is 0 Å². The number of carbonyl (C=O) groups is 1. The monoisotopic (exact) mass is 347 g/mol. The third-order valence-corrected chi connectivity index (χ3v) is 6.83. The lowest BCUT2D eigenvalue weighted by Gasteiger charge is -2.54. The van der Waals surface area contributed by atoms with Crippen molar-refractivity contribution in [3.63, 3.8) is 0 Å². The number of hydrogen-bond acceptors (Lipinski definition) is 1. The van der Waals surface area contributed by atoms with Gasteiger partial charge in [-0.1, -0.05) is 15.9 Å². The number of amides is 1. The third-order valence-electron chi connectivity index (χ3n) is 5.94. The average Bonchev–Trinajstić information content (AvgIpc) is 2.45. The summed E-state index contributed by atoms with van der Waals surface area (Å²) >= 11 is 3.50. The van der Waals surface area contributed by atoms with Gasteiger partial charge in [0.2, 0.25) is 0 Å². The Bertz CT molecular complexity index is 555. The minimum atomic E-state index is 0.114. The molecule has 1 aromatic rings. The van der Waals surface area contributed by atoms with Crippen molar-refractivity contribution in [1.29, 1.82) is 0 Å². The highest BCUT2D eigenvalue weighted by molar-refractivity contribution is 9.10. The number of nitrogens with one attached hydrogen (secondary N) is 1. The van der Waals surface area contributed by atoms with E-state index in [2.05, 4.69) is 21.2 Å². The minimum Gasteiger partial charge on any atom is -0.349 e. The first-order chi connectivity index (χ1) is 10.1. The largest absolute Gasteiger partial charge is 0.349 e. The van der Waals surface area contributed by atoms with E-state index >= 15 is 0 Å². The molecule has 21 heavy (non-hydrogen) atoms. The van der Waals surface area contributed by atoms with E-state index in [1.807, 2.05) is 25.1 Å². The maximum absolute atomic E-state index is 12.6. The van der Waals surface area contributed by atoms with Crippen molar-refractivity contribution < 1.29 is 4.79 Å². The van der Waals surface area contributed by atoms with Gasteiger partial charge in [0.25, 0.3) is 5.91 Å². The second-order valence-corrected chi connectivity index (χ2v) is 8.25. The topological polar surface area (TPSA) is 29.1 Å². The summed E-state index contributed by atoms with van der Waals surface area (Å²) in [7, 11) is 0. The number of halogens is 1. The van der Waals surface area contributed by atoms with Crippen molar-refractivity contribution >= 4 is 21.8 Å². The van der Waals surface area contributed by atoms with Crippen LogP contribution in [-0.2, 0) is 0 Å². The van der Waals surface area contributed by atoms with Gasteiger partial charge in [-0.15, -0.1) is 0 Å². The molecule has 0 saturated heterocycles. The van der Waals surface area contributed by atoms with Crippen LogP contribution in [0, 0.1) is 30.6 Å². The van der Waals surface area contributed by atoms with E-state index in [9.17, 15) is 4.79 Å². The summed E-state index contributed by atoms with van der Waals surface area (Å²) < 4.78 is 1.06. The second kappa shape index (κ2) is 5.12. The molecule has 0 aliphatic heterocycles. The molecule has 3 heteroatoms. The maximum Gasteiger partial charge on any atom is 0.251 e. The lowest BCUT2D eigenvalue weighted by Crippen LogP contribution is -2.55. The Morgan fingerprint density at radius 2 is 1.71 bits per heavy atom. The number of hydrogen-bond donors (Lipinski definition) is 1. The molecule has 0 atom stereocenters. The van der Waals surface area contributed by atoms with Crippen LogP contribution in [0.2, 0.25) is 0 Å². The van der Waals surface area contributed by atoms with Crippen molar-refractivity contribution in [2.24, 2.45) is 23.7 Å². The summed E-state index contributed by atoms with van der Waals surface area (Å²) in [5.74, 6) is 3.50. The summed E-state index contributed by atoms with van der Waals surface area (Å²) in [4.78, 5) is 12.6. The SMILES string of the molecule is Cc1cc(C(=O)NC2C3CC4CC(C3)CC2C4)ccc1Br. The molecule has 0 spiro atoms. The van der Waals surface area contributed by atoms with Gasteiger partial charge in [-0.25, -0.2) is 0 Å². The highest BCUT2D eigenvalue weighted by Crippen LogP contribution is 2.53. The van der Waals surface area contributed by atoms with Crippen LogP contribution in [0.4, 0.5) is 0 Å². The molecule has 1 aromatic carbocycles. The minimum absolute atomic E-state index is 0.114. The van der Waals surface area contributed by atoms with Gasteiger partial charge in [-0.2, -0.15) is 0 Å². The third kappa shape index (κ3) is 2.44. The van der Waals surface area contributed by atoms with Crippen LogP contribution in [0.3, 0.4) is 0 Å². The molecule has 1 amide bonds. The van der Waals surface area contributed by atoms with Gasteiger partial charge in [-0.05, 0) is 86.5 Å². The Kier molecular flexibility index (Phi) is 3.36. The fraction of sp³-hybridized carbons (Fsp3) is 0.611. The second-order valence-electron chi connectivity index (χ2n) is 7.39. The zero-order valence-electron chi connectivity index (χ0n) is 12.4. The Morgan fingerprint density at radius 3 is 2.29 bits per heavy atom. The van der Waals surface area contributed by atoms with Crippen LogP contribution in [0.15, 0.2) is 22.7 Å². The standard InChI is InChI=1S/C18H22BrNO/c1-10-4-13(2-3-16(10)19)18(21)20-17-14-6-11-5-12(8-14)9-15(17)7-11/h2-4,11-12,14-15,17H,5-9H2,1H3,(H,20,21). The average molecular weight is 348 g/mol. The summed E-state index contributed by atoms with van der Waals surface area (Å²) in [5, 5.41) is 3.37. The van der Waals surface area contributed by atoms with E-state index in [0.717, 1.165) is 39.3 Å². The van der Waals surface area contributed by atoms with Crippen molar-refractivity contribution in [3.05, 3.63) is 33.8 Å². The molecule has 4 aliphatic rings. The van der Waals surface area contributed by atoms with Gasteiger partial charge in [0.05, 0.1) is 0 Å². The molecule has 0 aromatic heterocycles. The molecule has 5 rings (SSSR count). The summed E-state index contributed by atoms with van der Waals surface area (Å²) in [6, 6.07) is 6.30. The Balaban J connectivity index is 1.50. The first-order valence-corrected chi connectivity index (χ1v) is 8.96. The van der Waals surface area contributed by atoms with Gasteiger partial charge in [0.15, 0.2) is 0 Å². The summed E-state index contributed by atoms with van der Waals surface area (Å²) in [5.41, 5.74) is 1.91. The van der Waals surface area contributed by atoms with Crippen molar-refractivity contribution in [3.8, 4) is 0 Å². The van der Waals surface area contributed by atoms with E-state index in [0.29, 0.717) is 6.04 Å². The fourth-order valence-corrected chi connectivity index (χ4v) is 5.43. The molecule has 0 heterocycles. The molecule has 4 bridgehead atoms. The molecule has 2 nitrogen and oxygen atoms in total. The summed E-state index contributed by atoms with van der Waals surface area (Å²) in [6.45, 7) is 2.03. The highest BCUT2D eigenvalue weighted by atomic mass is 79.9. The molecule has 4 fully saturated rings. The van der Waals surface area contributed by atoms with E-state index in [4.69, 9.17) is 0 Å². The molecule has 1 N–H and O–H groups in total. The van der Waals surface area contributed by atoms with Gasteiger partial charge in [-0.3, -0.25) is 4.79 Å². The lowest BCUT2D eigenvalue weighted by atomic mass is 9.54. The zero-order chi connectivity index (χ0) is 14.6. The Morgan fingerprint density at radius 1 is 1.10 bits per heavy atom. The van der Waals surface area contributed by atoms with E-state index in [-0.39, 0.29) is 5.91 Å². The van der Waals surface area contributed by atoms with Crippen LogP contribution in [0.1, 0.15) is 48.0 Å². The van der Waals surface area contributed by atoms with E-state index in [1.165, 1.54) is 32.1 Å².